The van der Waals surface area contributed by atoms with Crippen molar-refractivity contribution in [3.05, 3.63) is 58.6 Å². The molecule has 1 aliphatic rings. The van der Waals surface area contributed by atoms with Crippen LogP contribution in [0.4, 0.5) is 11.6 Å². The minimum atomic E-state index is 0.643. The average molecular weight is 404 g/mol. The van der Waals surface area contributed by atoms with Crippen molar-refractivity contribution < 1.29 is 0 Å². The number of anilines is 2. The molecule has 2 aromatic heterocycles. The zero-order chi connectivity index (χ0) is 19.8. The van der Waals surface area contributed by atoms with Crippen LogP contribution >= 0.6 is 11.3 Å². The molecule has 0 aliphatic carbocycles. The Hall–Kier alpha value is -2.54. The molecule has 2 N–H and O–H groups in total. The average Bonchev–Trinajstić information content (AvgIpc) is 3.11. The number of nitrogens with zero attached hydrogens (tertiary/aromatic N) is 3. The highest BCUT2D eigenvalue weighted by Crippen LogP contribution is 2.32. The van der Waals surface area contributed by atoms with E-state index < -0.39 is 0 Å². The van der Waals surface area contributed by atoms with Gasteiger partial charge in [-0.05, 0) is 55.3 Å². The maximum Gasteiger partial charge on any atom is 0.227 e. The summed E-state index contributed by atoms with van der Waals surface area (Å²) in [5.41, 5.74) is 4.50. The summed E-state index contributed by atoms with van der Waals surface area (Å²) in [5.74, 6) is 0.643. The fourth-order valence-electron chi connectivity index (χ4n) is 4.06. The highest BCUT2D eigenvalue weighted by atomic mass is 32.1. The fourth-order valence-corrected chi connectivity index (χ4v) is 5.17. The maximum absolute atomic E-state index is 4.88. The molecule has 0 spiro atoms. The third kappa shape index (κ3) is 3.96. The molecule has 5 nitrogen and oxygen atoms in total. The van der Waals surface area contributed by atoms with E-state index in [1.807, 2.05) is 17.5 Å². The van der Waals surface area contributed by atoms with Gasteiger partial charge in [0.15, 0.2) is 0 Å². The minimum Gasteiger partial charge on any atom is -0.324 e. The number of thiophene rings is 1. The topological polar surface area (TPSA) is 53.1 Å². The van der Waals surface area contributed by atoms with Crippen LogP contribution in [0.15, 0.2) is 42.6 Å². The SMILES string of the molecule is Cc1cc(C)cc(Nc2ncc3ccc4sc(CN5CCNCC5)cc4c3n2)c1. The summed E-state index contributed by atoms with van der Waals surface area (Å²) in [7, 11) is 0. The molecule has 4 aromatic rings. The van der Waals surface area contributed by atoms with Gasteiger partial charge in [0.2, 0.25) is 5.95 Å². The van der Waals surface area contributed by atoms with Crippen molar-refractivity contribution in [2.75, 3.05) is 31.5 Å². The van der Waals surface area contributed by atoms with Crippen molar-refractivity contribution in [1.82, 2.24) is 20.2 Å². The number of fused-ring (bicyclic) bond motifs is 3. The quantitative estimate of drug-likeness (QED) is 0.521. The van der Waals surface area contributed by atoms with E-state index in [2.05, 4.69) is 70.8 Å². The molecule has 5 rings (SSSR count). The first-order chi connectivity index (χ1) is 14.1. The lowest BCUT2D eigenvalue weighted by Crippen LogP contribution is -2.42. The number of benzene rings is 2. The number of hydrogen-bond donors (Lipinski definition) is 2. The molecule has 0 atom stereocenters. The molecule has 148 valence electrons. The normalized spacial score (nSPS) is 15.2. The van der Waals surface area contributed by atoms with Gasteiger partial charge in [0.1, 0.15) is 0 Å². The first-order valence-electron chi connectivity index (χ1n) is 10.1. The van der Waals surface area contributed by atoms with Crippen molar-refractivity contribution >= 4 is 44.0 Å². The highest BCUT2D eigenvalue weighted by Gasteiger charge is 2.13. The molecule has 0 bridgehead atoms. The van der Waals surface area contributed by atoms with Crippen molar-refractivity contribution in [3.63, 3.8) is 0 Å². The number of piperazine rings is 1. The first kappa shape index (κ1) is 18.5. The van der Waals surface area contributed by atoms with Gasteiger partial charge in [-0.15, -0.1) is 11.3 Å². The lowest BCUT2D eigenvalue weighted by Gasteiger charge is -2.26. The Labute approximate surface area is 174 Å². The van der Waals surface area contributed by atoms with Gasteiger partial charge in [-0.1, -0.05) is 6.07 Å². The molecule has 0 unspecified atom stereocenters. The van der Waals surface area contributed by atoms with E-state index >= 15 is 0 Å². The second-order valence-electron chi connectivity index (χ2n) is 7.85. The van der Waals surface area contributed by atoms with Crippen molar-refractivity contribution in [3.8, 4) is 0 Å². The second kappa shape index (κ2) is 7.71. The number of nitrogens with one attached hydrogen (secondary N) is 2. The zero-order valence-corrected chi connectivity index (χ0v) is 17.6. The van der Waals surface area contributed by atoms with E-state index in [9.17, 15) is 0 Å². The van der Waals surface area contributed by atoms with Crippen molar-refractivity contribution in [2.45, 2.75) is 20.4 Å². The van der Waals surface area contributed by atoms with E-state index in [0.29, 0.717) is 5.95 Å². The summed E-state index contributed by atoms with van der Waals surface area (Å²) in [6, 6.07) is 13.1. The Balaban J connectivity index is 1.48. The fraction of sp³-hybridized carbons (Fsp3) is 0.304. The Morgan fingerprint density at radius 1 is 1.07 bits per heavy atom. The zero-order valence-electron chi connectivity index (χ0n) is 16.8. The summed E-state index contributed by atoms with van der Waals surface area (Å²) in [5, 5.41) is 9.11. The number of hydrogen-bond acceptors (Lipinski definition) is 6. The van der Waals surface area contributed by atoms with Crippen molar-refractivity contribution in [2.24, 2.45) is 0 Å². The Bertz CT molecular complexity index is 1160. The third-order valence-electron chi connectivity index (χ3n) is 5.37. The van der Waals surface area contributed by atoms with E-state index in [1.54, 1.807) is 0 Å². The van der Waals surface area contributed by atoms with Gasteiger partial charge < -0.3 is 10.6 Å². The molecule has 1 saturated heterocycles. The summed E-state index contributed by atoms with van der Waals surface area (Å²) in [6.07, 6.45) is 1.92. The smallest absolute Gasteiger partial charge is 0.227 e. The maximum atomic E-state index is 4.88. The van der Waals surface area contributed by atoms with Crippen LogP contribution in [0.25, 0.3) is 21.0 Å². The largest absolute Gasteiger partial charge is 0.324 e. The molecule has 3 heterocycles. The standard InChI is InChI=1S/C23H25N5S/c1-15-9-16(2)11-18(10-15)26-23-25-13-17-3-4-21-20(22(17)27-23)12-19(29-21)14-28-7-5-24-6-8-28/h3-4,9-13,24H,5-8,14H2,1-2H3,(H,25,26,27). The predicted molar refractivity (Wildman–Crippen MR) is 122 cm³/mol. The minimum absolute atomic E-state index is 0.643. The molecule has 0 saturated carbocycles. The van der Waals surface area contributed by atoms with Crippen molar-refractivity contribution in [1.29, 1.82) is 0 Å². The molecule has 2 aromatic carbocycles. The molecule has 0 radical (unpaired) electrons. The van der Waals surface area contributed by atoms with Gasteiger partial charge >= 0.3 is 0 Å². The van der Waals surface area contributed by atoms with Crippen LogP contribution in [-0.4, -0.2) is 41.0 Å². The Morgan fingerprint density at radius 3 is 2.66 bits per heavy atom. The molecule has 29 heavy (non-hydrogen) atoms. The first-order valence-corrected chi connectivity index (χ1v) is 10.9. The lowest BCUT2D eigenvalue weighted by atomic mass is 10.1. The predicted octanol–water partition coefficient (Wildman–Crippen LogP) is 4.61. The van der Waals surface area contributed by atoms with Crippen LogP contribution in [-0.2, 0) is 6.54 Å². The van der Waals surface area contributed by atoms with Gasteiger partial charge in [0, 0.05) is 65.0 Å². The Morgan fingerprint density at radius 2 is 1.86 bits per heavy atom. The summed E-state index contributed by atoms with van der Waals surface area (Å²) < 4.78 is 1.29. The van der Waals surface area contributed by atoms with Crippen LogP contribution in [0.3, 0.4) is 0 Å². The van der Waals surface area contributed by atoms with Gasteiger partial charge in [0.25, 0.3) is 0 Å². The molecule has 6 heteroatoms. The van der Waals surface area contributed by atoms with Crippen LogP contribution in [0.5, 0.6) is 0 Å². The van der Waals surface area contributed by atoms with Gasteiger partial charge in [-0.3, -0.25) is 4.90 Å². The number of rotatable bonds is 4. The molecule has 1 aliphatic heterocycles. The third-order valence-corrected chi connectivity index (χ3v) is 6.45. The number of aryl methyl sites for hydroxylation is 2. The van der Waals surface area contributed by atoms with E-state index in [0.717, 1.165) is 49.3 Å². The van der Waals surface area contributed by atoms with E-state index in [4.69, 9.17) is 4.98 Å². The van der Waals surface area contributed by atoms with Crippen LogP contribution in [0.2, 0.25) is 0 Å². The van der Waals surface area contributed by atoms with Gasteiger partial charge in [-0.25, -0.2) is 9.97 Å². The monoisotopic (exact) mass is 403 g/mol. The molecule has 1 fully saturated rings. The second-order valence-corrected chi connectivity index (χ2v) is 9.02. The summed E-state index contributed by atoms with van der Waals surface area (Å²) in [4.78, 5) is 13.3. The Kier molecular flexibility index (Phi) is 4.91. The summed E-state index contributed by atoms with van der Waals surface area (Å²) >= 11 is 1.88. The van der Waals surface area contributed by atoms with Crippen LogP contribution in [0.1, 0.15) is 16.0 Å². The molecular formula is C23H25N5S. The van der Waals surface area contributed by atoms with Gasteiger partial charge in [0.05, 0.1) is 5.52 Å². The van der Waals surface area contributed by atoms with E-state index in [-0.39, 0.29) is 0 Å². The highest BCUT2D eigenvalue weighted by molar-refractivity contribution is 7.19. The lowest BCUT2D eigenvalue weighted by molar-refractivity contribution is 0.235. The van der Waals surface area contributed by atoms with E-state index in [1.165, 1.54) is 26.1 Å². The summed E-state index contributed by atoms with van der Waals surface area (Å²) in [6.45, 7) is 9.61. The molecular weight excluding hydrogens is 378 g/mol. The van der Waals surface area contributed by atoms with Gasteiger partial charge in [-0.2, -0.15) is 0 Å². The molecule has 0 amide bonds. The van der Waals surface area contributed by atoms with Crippen LogP contribution < -0.4 is 10.6 Å². The number of aromatic nitrogens is 2. The van der Waals surface area contributed by atoms with Crippen LogP contribution in [0, 0.1) is 13.8 Å².